The van der Waals surface area contributed by atoms with Gasteiger partial charge in [-0.1, -0.05) is 37.3 Å². The molecular formula is C14H20O. The van der Waals surface area contributed by atoms with E-state index >= 15 is 0 Å². The summed E-state index contributed by atoms with van der Waals surface area (Å²) in [5.41, 5.74) is 4.48. The Labute approximate surface area is 92.5 Å². The fraction of sp³-hybridized carbons (Fsp3) is 0.429. The van der Waals surface area contributed by atoms with E-state index in [9.17, 15) is 5.11 Å². The highest BCUT2D eigenvalue weighted by atomic mass is 16.3. The first-order chi connectivity index (χ1) is 7.06. The summed E-state index contributed by atoms with van der Waals surface area (Å²) in [6.07, 6.45) is 1.20. The van der Waals surface area contributed by atoms with Crippen molar-refractivity contribution in [1.82, 2.24) is 0 Å². The molecule has 0 saturated carbocycles. The summed E-state index contributed by atoms with van der Waals surface area (Å²) < 4.78 is 0. The first-order valence-corrected chi connectivity index (χ1v) is 5.47. The minimum absolute atomic E-state index is 0.404. The van der Waals surface area contributed by atoms with Gasteiger partial charge in [-0.2, -0.15) is 0 Å². The number of rotatable bonds is 4. The molecule has 1 nitrogen and oxygen atoms in total. The molecule has 1 aromatic carbocycles. The molecule has 1 atom stereocenters. The van der Waals surface area contributed by atoms with Gasteiger partial charge in [-0.15, -0.1) is 0 Å². The van der Waals surface area contributed by atoms with Crippen molar-refractivity contribution in [2.24, 2.45) is 0 Å². The first kappa shape index (κ1) is 12.0. The topological polar surface area (TPSA) is 20.2 Å². The van der Waals surface area contributed by atoms with Crippen molar-refractivity contribution in [3.8, 4) is 0 Å². The van der Waals surface area contributed by atoms with Gasteiger partial charge in [0, 0.05) is 0 Å². The maximum absolute atomic E-state index is 10.1. The zero-order valence-electron chi connectivity index (χ0n) is 9.88. The largest absolute Gasteiger partial charge is 0.388 e. The van der Waals surface area contributed by atoms with Crippen molar-refractivity contribution in [3.05, 3.63) is 47.0 Å². The third kappa shape index (κ3) is 2.93. The summed E-state index contributed by atoms with van der Waals surface area (Å²) in [5, 5.41) is 10.1. The summed E-state index contributed by atoms with van der Waals surface area (Å²) in [6.45, 7) is 10.1. The van der Waals surface area contributed by atoms with Crippen LogP contribution in [0, 0.1) is 13.8 Å². The highest BCUT2D eigenvalue weighted by Crippen LogP contribution is 2.27. The van der Waals surface area contributed by atoms with E-state index in [1.165, 1.54) is 0 Å². The summed E-state index contributed by atoms with van der Waals surface area (Å²) in [5.74, 6) is 0. The van der Waals surface area contributed by atoms with E-state index in [2.05, 4.69) is 13.5 Å². The smallest absolute Gasteiger partial charge is 0.0832 e. The predicted octanol–water partition coefficient (Wildman–Crippen LogP) is 3.69. The lowest BCUT2D eigenvalue weighted by Gasteiger charge is -2.17. The molecule has 0 radical (unpaired) electrons. The van der Waals surface area contributed by atoms with Crippen molar-refractivity contribution < 1.29 is 5.11 Å². The van der Waals surface area contributed by atoms with Gasteiger partial charge in [0.25, 0.3) is 0 Å². The van der Waals surface area contributed by atoms with Gasteiger partial charge in [-0.25, -0.2) is 0 Å². The van der Waals surface area contributed by atoms with Crippen LogP contribution in [0.3, 0.4) is 0 Å². The number of benzene rings is 1. The van der Waals surface area contributed by atoms with Gasteiger partial charge in [0.15, 0.2) is 0 Å². The monoisotopic (exact) mass is 204 g/mol. The average molecular weight is 204 g/mol. The van der Waals surface area contributed by atoms with Crippen LogP contribution in [0.25, 0.3) is 0 Å². The maximum atomic E-state index is 10.1. The van der Waals surface area contributed by atoms with Crippen molar-refractivity contribution in [2.45, 2.75) is 39.7 Å². The zero-order valence-corrected chi connectivity index (χ0v) is 9.88. The highest BCUT2D eigenvalue weighted by molar-refractivity contribution is 5.35. The molecule has 1 unspecified atom stereocenters. The number of aliphatic hydroxyl groups excluding tert-OH is 1. The Morgan fingerprint density at radius 3 is 2.33 bits per heavy atom. The number of hydrogen-bond donors (Lipinski definition) is 1. The molecule has 0 spiro atoms. The molecule has 82 valence electrons. The van der Waals surface area contributed by atoms with E-state index in [-0.39, 0.29) is 0 Å². The van der Waals surface area contributed by atoms with Crippen LogP contribution in [0.5, 0.6) is 0 Å². The molecule has 0 bridgehead atoms. The van der Waals surface area contributed by atoms with Crippen LogP contribution >= 0.6 is 0 Å². The SMILES string of the molecule is C=C(CC)CC(O)c1c(C)cccc1C. The molecule has 0 aromatic heterocycles. The van der Waals surface area contributed by atoms with Crippen LogP contribution in [0.1, 0.15) is 42.6 Å². The average Bonchev–Trinajstić information content (AvgIpc) is 2.17. The fourth-order valence-electron chi connectivity index (χ4n) is 1.87. The molecule has 0 heterocycles. The second kappa shape index (κ2) is 5.13. The minimum atomic E-state index is -0.404. The van der Waals surface area contributed by atoms with Gasteiger partial charge in [-0.3, -0.25) is 0 Å². The molecule has 1 aromatic rings. The van der Waals surface area contributed by atoms with Crippen LogP contribution in [-0.4, -0.2) is 5.11 Å². The third-order valence-corrected chi connectivity index (χ3v) is 2.86. The van der Waals surface area contributed by atoms with Gasteiger partial charge in [0.1, 0.15) is 0 Å². The first-order valence-electron chi connectivity index (χ1n) is 5.47. The van der Waals surface area contributed by atoms with Gasteiger partial charge in [0.05, 0.1) is 6.10 Å². The summed E-state index contributed by atoms with van der Waals surface area (Å²) in [4.78, 5) is 0. The second-order valence-electron chi connectivity index (χ2n) is 4.13. The van der Waals surface area contributed by atoms with Crippen molar-refractivity contribution in [1.29, 1.82) is 0 Å². The molecule has 1 rings (SSSR count). The lowest BCUT2D eigenvalue weighted by Crippen LogP contribution is -2.03. The minimum Gasteiger partial charge on any atom is -0.388 e. The Balaban J connectivity index is 2.90. The molecule has 0 aliphatic rings. The van der Waals surface area contributed by atoms with Crippen LogP contribution in [-0.2, 0) is 0 Å². The van der Waals surface area contributed by atoms with Crippen LogP contribution in [0.4, 0.5) is 0 Å². The van der Waals surface area contributed by atoms with E-state index < -0.39 is 6.10 Å². The molecule has 0 aliphatic carbocycles. The molecule has 0 fully saturated rings. The molecular weight excluding hydrogens is 184 g/mol. The van der Waals surface area contributed by atoms with E-state index in [4.69, 9.17) is 0 Å². The Kier molecular flexibility index (Phi) is 4.10. The Hall–Kier alpha value is -1.08. The molecule has 15 heavy (non-hydrogen) atoms. The molecule has 1 heteroatoms. The normalized spacial score (nSPS) is 12.5. The van der Waals surface area contributed by atoms with Crippen LogP contribution < -0.4 is 0 Å². The van der Waals surface area contributed by atoms with E-state index in [1.54, 1.807) is 0 Å². The van der Waals surface area contributed by atoms with E-state index in [0.717, 1.165) is 28.7 Å². The number of aryl methyl sites for hydroxylation is 2. The fourth-order valence-corrected chi connectivity index (χ4v) is 1.87. The van der Waals surface area contributed by atoms with E-state index in [0.29, 0.717) is 6.42 Å². The summed E-state index contributed by atoms with van der Waals surface area (Å²) >= 11 is 0. The number of aliphatic hydroxyl groups is 1. The Morgan fingerprint density at radius 2 is 1.87 bits per heavy atom. The predicted molar refractivity (Wildman–Crippen MR) is 64.9 cm³/mol. The molecule has 0 saturated heterocycles. The van der Waals surface area contributed by atoms with Crippen LogP contribution in [0.2, 0.25) is 0 Å². The van der Waals surface area contributed by atoms with Crippen molar-refractivity contribution in [3.63, 3.8) is 0 Å². The quantitative estimate of drug-likeness (QED) is 0.741. The van der Waals surface area contributed by atoms with Gasteiger partial charge in [-0.05, 0) is 43.4 Å². The lowest BCUT2D eigenvalue weighted by atomic mass is 9.94. The second-order valence-corrected chi connectivity index (χ2v) is 4.13. The van der Waals surface area contributed by atoms with Gasteiger partial charge >= 0.3 is 0 Å². The van der Waals surface area contributed by atoms with Crippen molar-refractivity contribution >= 4 is 0 Å². The summed E-state index contributed by atoms with van der Waals surface area (Å²) in [7, 11) is 0. The maximum Gasteiger partial charge on any atom is 0.0832 e. The van der Waals surface area contributed by atoms with Gasteiger partial charge in [0.2, 0.25) is 0 Å². The van der Waals surface area contributed by atoms with Crippen LogP contribution in [0.15, 0.2) is 30.4 Å². The lowest BCUT2D eigenvalue weighted by molar-refractivity contribution is 0.176. The Morgan fingerprint density at radius 1 is 1.33 bits per heavy atom. The highest BCUT2D eigenvalue weighted by Gasteiger charge is 2.13. The van der Waals surface area contributed by atoms with E-state index in [1.807, 2.05) is 32.0 Å². The Bertz CT molecular complexity index is 332. The molecule has 0 amide bonds. The van der Waals surface area contributed by atoms with Gasteiger partial charge < -0.3 is 5.11 Å². The van der Waals surface area contributed by atoms with Crippen molar-refractivity contribution in [2.75, 3.05) is 0 Å². The molecule has 1 N–H and O–H groups in total. The summed E-state index contributed by atoms with van der Waals surface area (Å²) in [6, 6.07) is 6.11. The zero-order chi connectivity index (χ0) is 11.4. The third-order valence-electron chi connectivity index (χ3n) is 2.86. The standard InChI is InChI=1S/C14H20O/c1-5-10(2)9-13(15)14-11(3)7-6-8-12(14)4/h6-8,13,15H,2,5,9H2,1,3-4H3. The molecule has 0 aliphatic heterocycles. The number of hydrogen-bond acceptors (Lipinski definition) is 1.